The summed E-state index contributed by atoms with van der Waals surface area (Å²) in [6.45, 7) is 13.9. The van der Waals surface area contributed by atoms with Crippen molar-refractivity contribution in [2.75, 3.05) is 67.1 Å². The highest BCUT2D eigenvalue weighted by atomic mass is 19.1. The topological polar surface area (TPSA) is 118 Å². The van der Waals surface area contributed by atoms with Crippen LogP contribution in [0.5, 0.6) is 0 Å². The van der Waals surface area contributed by atoms with Crippen molar-refractivity contribution in [2.24, 2.45) is 17.8 Å². The Kier molecular flexibility index (Phi) is 20.5. The number of carbonyl (C=O) groups excluding carboxylic acids is 2. The predicted octanol–water partition coefficient (Wildman–Crippen LogP) is 7.37. The molecule has 4 rings (SSSR count). The smallest absolute Gasteiger partial charge is 0.317 e. The molecule has 11 heteroatoms. The Morgan fingerprint density at radius 2 is 1.44 bits per heavy atom. The van der Waals surface area contributed by atoms with Gasteiger partial charge in [0.1, 0.15) is 5.82 Å². The number of amides is 4. The lowest BCUT2D eigenvalue weighted by molar-refractivity contribution is -0.0559. The molecule has 2 heterocycles. The molecule has 2 fully saturated rings. The Balaban J connectivity index is 0.000000399. The number of unbranched alkanes of at least 4 members (excludes halogenated alkanes) is 1. The molecule has 0 aliphatic carbocycles. The van der Waals surface area contributed by atoms with E-state index < -0.39 is 5.60 Å². The molecule has 2 aliphatic rings. The number of hydrogen-bond donors (Lipinski definition) is 5. The number of ether oxygens (including phenoxy) is 1. The number of nitrogens with zero attached hydrogens (tertiary/aromatic N) is 2. The summed E-state index contributed by atoms with van der Waals surface area (Å²) in [5.74, 6) is 0.625. The zero-order valence-electron chi connectivity index (χ0n) is 35.0. The third kappa shape index (κ3) is 15.3. The number of hydrogen-bond acceptors (Lipinski definition) is 6. The minimum absolute atomic E-state index is 0.0505. The normalized spacial score (nSPS) is 18.3. The van der Waals surface area contributed by atoms with Crippen molar-refractivity contribution in [1.82, 2.24) is 31.1 Å². The van der Waals surface area contributed by atoms with E-state index in [1.165, 1.54) is 18.6 Å². The molecule has 0 unspecified atom stereocenters. The molecule has 4 atom stereocenters. The number of rotatable bonds is 18. The maximum Gasteiger partial charge on any atom is 0.317 e. The highest BCUT2D eigenvalue weighted by Crippen LogP contribution is 2.43. The van der Waals surface area contributed by atoms with E-state index in [1.807, 2.05) is 54.2 Å². The van der Waals surface area contributed by atoms with Gasteiger partial charge in [-0.15, -0.1) is 0 Å². The molecule has 2 aromatic carbocycles. The number of urea groups is 2. The Bertz CT molecular complexity index is 1410. The lowest BCUT2D eigenvalue weighted by atomic mass is 9.72. The summed E-state index contributed by atoms with van der Waals surface area (Å²) in [7, 11) is 5.51. The lowest BCUT2D eigenvalue weighted by Gasteiger charge is -2.44. The second kappa shape index (κ2) is 24.4. The predicted molar refractivity (Wildman–Crippen MR) is 223 cm³/mol. The maximum atomic E-state index is 14.2. The van der Waals surface area contributed by atoms with Crippen molar-refractivity contribution in [2.45, 2.75) is 110 Å². The van der Waals surface area contributed by atoms with Gasteiger partial charge in [-0.05, 0) is 119 Å². The third-order valence-electron chi connectivity index (χ3n) is 10.8. The van der Waals surface area contributed by atoms with E-state index in [4.69, 9.17) is 4.74 Å². The highest BCUT2D eigenvalue weighted by molar-refractivity contribution is 5.75. The Labute approximate surface area is 331 Å². The minimum atomic E-state index is -1.17. The maximum absolute atomic E-state index is 14.2. The number of nitrogens with one attached hydrogen (secondary N) is 4. The number of aliphatic hydroxyl groups is 1. The number of benzene rings is 2. The fraction of sp³-hybridized carbons (Fsp3) is 0.682. The second-order valence-electron chi connectivity index (χ2n) is 16.4. The first-order valence-corrected chi connectivity index (χ1v) is 20.9. The number of piperidine rings is 2. The Hall–Kier alpha value is -3.25. The Morgan fingerprint density at radius 1 is 0.836 bits per heavy atom. The number of halogens is 1. The van der Waals surface area contributed by atoms with Gasteiger partial charge in [0.05, 0.1) is 5.60 Å². The zero-order chi connectivity index (χ0) is 40.2. The van der Waals surface area contributed by atoms with Gasteiger partial charge in [0.2, 0.25) is 0 Å². The van der Waals surface area contributed by atoms with Crippen molar-refractivity contribution in [3.05, 3.63) is 59.9 Å². The van der Waals surface area contributed by atoms with E-state index in [0.29, 0.717) is 44.5 Å². The van der Waals surface area contributed by atoms with Gasteiger partial charge in [-0.1, -0.05) is 64.1 Å². The SMILES string of the molecule is CNC[C@H](CC(C)C)NC(=O)N1CCCCC1.CNC[C@H](CC(C)C)NC(=O)N1CCC[C@@H]([C@@](O)(CCCCOC)c2ccccc2-c2cccc(F)c2)C1. The average Bonchev–Trinajstić information content (AvgIpc) is 3.17. The van der Waals surface area contributed by atoms with Gasteiger partial charge < -0.3 is 40.9 Å². The van der Waals surface area contributed by atoms with Gasteiger partial charge in [-0.25, -0.2) is 14.0 Å². The van der Waals surface area contributed by atoms with Crippen molar-refractivity contribution in [3.63, 3.8) is 0 Å². The van der Waals surface area contributed by atoms with Crippen LogP contribution >= 0.6 is 0 Å². The summed E-state index contributed by atoms with van der Waals surface area (Å²) in [6, 6.07) is 14.6. The number of likely N-dealkylation sites (tertiary alicyclic amines) is 2. The molecule has 0 aromatic heterocycles. The number of carbonyl (C=O) groups is 2. The molecule has 0 saturated carbocycles. The summed E-state index contributed by atoms with van der Waals surface area (Å²) in [5.41, 5.74) is 1.19. The second-order valence-corrected chi connectivity index (χ2v) is 16.4. The molecular formula is C44H73FN6O4. The average molecular weight is 769 g/mol. The molecule has 310 valence electrons. The molecular weight excluding hydrogens is 696 g/mol. The summed E-state index contributed by atoms with van der Waals surface area (Å²) in [4.78, 5) is 29.2. The summed E-state index contributed by atoms with van der Waals surface area (Å²) in [6.07, 6.45) is 9.27. The van der Waals surface area contributed by atoms with Crippen LogP contribution in [0.3, 0.4) is 0 Å². The number of methoxy groups -OCH3 is 1. The first-order chi connectivity index (χ1) is 26.4. The molecule has 0 radical (unpaired) electrons. The molecule has 0 bridgehead atoms. The fourth-order valence-electron chi connectivity index (χ4n) is 8.17. The quantitative estimate of drug-likeness (QED) is 0.101. The van der Waals surface area contributed by atoms with Crippen molar-refractivity contribution in [3.8, 4) is 11.1 Å². The molecule has 2 aromatic rings. The molecule has 2 saturated heterocycles. The van der Waals surface area contributed by atoms with Gasteiger partial charge in [-0.2, -0.15) is 0 Å². The van der Waals surface area contributed by atoms with Crippen LogP contribution in [0.15, 0.2) is 48.5 Å². The van der Waals surface area contributed by atoms with Gasteiger partial charge in [-0.3, -0.25) is 0 Å². The molecule has 0 spiro atoms. The summed E-state index contributed by atoms with van der Waals surface area (Å²) < 4.78 is 19.4. The largest absolute Gasteiger partial charge is 0.385 e. The van der Waals surface area contributed by atoms with Crippen molar-refractivity contribution in [1.29, 1.82) is 0 Å². The lowest BCUT2D eigenvalue weighted by Crippen LogP contribution is -2.54. The summed E-state index contributed by atoms with van der Waals surface area (Å²) >= 11 is 0. The van der Waals surface area contributed by atoms with E-state index >= 15 is 0 Å². The van der Waals surface area contributed by atoms with Crippen LogP contribution in [-0.2, 0) is 10.3 Å². The van der Waals surface area contributed by atoms with Crippen LogP contribution < -0.4 is 21.3 Å². The van der Waals surface area contributed by atoms with Crippen LogP contribution in [0.25, 0.3) is 11.1 Å². The van der Waals surface area contributed by atoms with Gasteiger partial charge >= 0.3 is 12.1 Å². The molecule has 10 nitrogen and oxygen atoms in total. The molecule has 2 aliphatic heterocycles. The first kappa shape index (κ1) is 46.1. The van der Waals surface area contributed by atoms with E-state index in [9.17, 15) is 19.1 Å². The van der Waals surface area contributed by atoms with Crippen molar-refractivity contribution >= 4 is 12.1 Å². The summed E-state index contributed by atoms with van der Waals surface area (Å²) in [5, 5.41) is 25.2. The van der Waals surface area contributed by atoms with Gasteiger partial charge in [0.25, 0.3) is 0 Å². The minimum Gasteiger partial charge on any atom is -0.385 e. The van der Waals surface area contributed by atoms with E-state index in [-0.39, 0.29) is 35.9 Å². The number of likely N-dealkylation sites (N-methyl/N-ethyl adjacent to an activating group) is 2. The highest BCUT2D eigenvalue weighted by Gasteiger charge is 2.42. The van der Waals surface area contributed by atoms with E-state index in [1.54, 1.807) is 13.2 Å². The fourth-order valence-corrected chi connectivity index (χ4v) is 8.17. The standard InChI is InChI=1S/C31H46FN3O3.C13H27N3O/c1-23(2)19-27(21-33-3)34-30(36)35-17-10-12-25(22-35)31(37,16-7-8-18-38-4)29-15-6-5-14-28(29)24-11-9-13-26(32)20-24;1-11(2)9-12(10-14-3)15-13(17)16-7-5-4-6-8-16/h5-6,9,11,13-15,20,23,25,27,33,37H,7-8,10,12,16-19,21-22H2,1-4H3,(H,34,36);11-12,14H,4-10H2,1-3H3,(H,15,17)/t25-,27+,31+;12-/m10/s1. The molecule has 55 heavy (non-hydrogen) atoms. The Morgan fingerprint density at radius 3 is 2.02 bits per heavy atom. The van der Waals surface area contributed by atoms with E-state index in [2.05, 4.69) is 49.0 Å². The van der Waals surface area contributed by atoms with Gasteiger partial charge in [0, 0.05) is 71.0 Å². The zero-order valence-corrected chi connectivity index (χ0v) is 35.0. The third-order valence-corrected chi connectivity index (χ3v) is 10.8. The van der Waals surface area contributed by atoms with Crippen LogP contribution in [0, 0.1) is 23.6 Å². The van der Waals surface area contributed by atoms with Crippen LogP contribution in [-0.4, -0.2) is 106 Å². The van der Waals surface area contributed by atoms with Gasteiger partial charge in [0.15, 0.2) is 0 Å². The monoisotopic (exact) mass is 769 g/mol. The van der Waals surface area contributed by atoms with Crippen molar-refractivity contribution < 1.29 is 23.8 Å². The molecule has 5 N–H and O–H groups in total. The van der Waals surface area contributed by atoms with Crippen LogP contribution in [0.1, 0.15) is 97.5 Å². The first-order valence-electron chi connectivity index (χ1n) is 20.9. The van der Waals surface area contributed by atoms with Crippen LogP contribution in [0.4, 0.5) is 14.0 Å². The van der Waals surface area contributed by atoms with E-state index in [0.717, 1.165) is 87.7 Å². The van der Waals surface area contributed by atoms with Crippen LogP contribution in [0.2, 0.25) is 0 Å². The molecule has 4 amide bonds.